The van der Waals surface area contributed by atoms with Gasteiger partial charge in [0.1, 0.15) is 0 Å². The van der Waals surface area contributed by atoms with Crippen molar-refractivity contribution in [1.29, 1.82) is 0 Å². The zero-order valence-electron chi connectivity index (χ0n) is 12.5. The van der Waals surface area contributed by atoms with Gasteiger partial charge in [-0.3, -0.25) is 10.2 Å². The zero-order valence-corrected chi connectivity index (χ0v) is 13.2. The Kier molecular flexibility index (Phi) is 4.37. The third kappa shape index (κ3) is 3.52. The first-order valence-electron chi connectivity index (χ1n) is 7.65. The molecule has 0 saturated carbocycles. The zero-order chi connectivity index (χ0) is 14.7. The molecular weight excluding hydrogens is 284 g/mol. The van der Waals surface area contributed by atoms with Crippen molar-refractivity contribution in [1.82, 2.24) is 14.5 Å². The molecule has 4 nitrogen and oxygen atoms in total. The van der Waals surface area contributed by atoms with Crippen molar-refractivity contribution in [3.8, 4) is 0 Å². The highest BCUT2D eigenvalue weighted by atomic mass is 35.5. The van der Waals surface area contributed by atoms with Gasteiger partial charge in [0.25, 0.3) is 5.84 Å². The molecule has 0 aromatic heterocycles. The van der Waals surface area contributed by atoms with E-state index < -0.39 is 0 Å². The number of rotatable bonds is 1. The number of halogens is 1. The Morgan fingerprint density at radius 2 is 1.81 bits per heavy atom. The number of anilines is 1. The molecule has 0 radical (unpaired) electrons. The van der Waals surface area contributed by atoms with Crippen molar-refractivity contribution in [3.63, 3.8) is 0 Å². The van der Waals surface area contributed by atoms with E-state index in [1.165, 1.54) is 25.1 Å². The maximum atomic E-state index is 5.95. The number of nitrogens with zero attached hydrogens (tertiary/aromatic N) is 3. The number of amidine groups is 1. The molecule has 0 unspecified atom stereocenters. The minimum Gasteiger partial charge on any atom is -0.302 e. The molecule has 2 saturated heterocycles. The lowest BCUT2D eigenvalue weighted by Gasteiger charge is -2.13. The van der Waals surface area contributed by atoms with Gasteiger partial charge in [0, 0.05) is 18.5 Å². The second-order valence-corrected chi connectivity index (χ2v) is 6.14. The monoisotopic (exact) mass is 305 g/mol. The normalized spacial score (nSPS) is 18.1. The summed E-state index contributed by atoms with van der Waals surface area (Å²) in [4.78, 5) is 4.59. The predicted molar refractivity (Wildman–Crippen MR) is 89.9 cm³/mol. The van der Waals surface area contributed by atoms with Gasteiger partial charge in [-0.15, -0.1) is 0 Å². The van der Waals surface area contributed by atoms with Crippen LogP contribution in [0.4, 0.5) is 5.69 Å². The standard InChI is InChI=1S/C16H21ClN4/c1-20-10-4-5-15(20)19-16(21-11-2-3-12-21)18-14-8-6-13(17)7-9-14/h6-9H,2-5,10-12H2,1H3/p+1. The van der Waals surface area contributed by atoms with Crippen LogP contribution in [0.3, 0.4) is 0 Å². The first kappa shape index (κ1) is 14.3. The van der Waals surface area contributed by atoms with E-state index >= 15 is 0 Å². The van der Waals surface area contributed by atoms with Crippen molar-refractivity contribution in [3.05, 3.63) is 29.3 Å². The Hall–Kier alpha value is -1.64. The minimum absolute atomic E-state index is 0.755. The van der Waals surface area contributed by atoms with Crippen LogP contribution in [0.15, 0.2) is 24.3 Å². The van der Waals surface area contributed by atoms with Crippen LogP contribution in [0.2, 0.25) is 5.02 Å². The SMILES string of the molecule is CN1CCCC1=[N+]=C(Nc1ccc(Cl)cc1)N1CCCC1. The number of hydrogen-bond donors (Lipinski definition) is 1. The van der Waals surface area contributed by atoms with E-state index in [1.807, 2.05) is 24.3 Å². The maximum absolute atomic E-state index is 5.95. The summed E-state index contributed by atoms with van der Waals surface area (Å²) in [5, 5.41) is 4.22. The Morgan fingerprint density at radius 1 is 1.10 bits per heavy atom. The van der Waals surface area contributed by atoms with Crippen LogP contribution in [0.1, 0.15) is 25.7 Å². The van der Waals surface area contributed by atoms with Crippen LogP contribution < -0.4 is 9.98 Å². The van der Waals surface area contributed by atoms with Gasteiger partial charge in [0.2, 0.25) is 0 Å². The van der Waals surface area contributed by atoms with E-state index in [4.69, 9.17) is 16.3 Å². The minimum atomic E-state index is 0.755. The van der Waals surface area contributed by atoms with Crippen LogP contribution in [0, 0.1) is 0 Å². The fraction of sp³-hybridized carbons (Fsp3) is 0.500. The molecule has 112 valence electrons. The number of benzene rings is 1. The van der Waals surface area contributed by atoms with Crippen molar-refractivity contribution in [2.75, 3.05) is 32.0 Å². The first-order chi connectivity index (χ1) is 10.2. The number of nitrogens with one attached hydrogen (secondary N) is 1. The summed E-state index contributed by atoms with van der Waals surface area (Å²) < 4.78 is 4.90. The molecule has 2 fully saturated rings. The molecule has 2 heterocycles. The van der Waals surface area contributed by atoms with Crippen LogP contribution in [-0.2, 0) is 0 Å². The summed E-state index contributed by atoms with van der Waals surface area (Å²) in [6.45, 7) is 3.26. The molecule has 2 aliphatic heterocycles. The largest absolute Gasteiger partial charge is 0.401 e. The third-order valence-electron chi connectivity index (χ3n) is 4.08. The molecule has 1 aromatic rings. The van der Waals surface area contributed by atoms with E-state index in [2.05, 4.69) is 22.2 Å². The van der Waals surface area contributed by atoms with E-state index in [1.54, 1.807) is 0 Å². The Bertz CT molecular complexity index is 554. The molecule has 0 aliphatic carbocycles. The molecule has 0 spiro atoms. The highest BCUT2D eigenvalue weighted by Crippen LogP contribution is 2.15. The van der Waals surface area contributed by atoms with E-state index in [0.29, 0.717) is 0 Å². The second kappa shape index (κ2) is 6.42. The average molecular weight is 306 g/mol. The molecule has 3 rings (SSSR count). The highest BCUT2D eigenvalue weighted by Gasteiger charge is 2.25. The quantitative estimate of drug-likeness (QED) is 0.491. The van der Waals surface area contributed by atoms with Gasteiger partial charge >= 0.3 is 5.96 Å². The lowest BCUT2D eigenvalue weighted by atomic mass is 10.3. The summed E-state index contributed by atoms with van der Waals surface area (Å²) >= 11 is 5.95. The molecular formula is C16H22ClN4+. The van der Waals surface area contributed by atoms with Crippen LogP contribution in [-0.4, -0.2) is 48.3 Å². The molecule has 1 N–H and O–H groups in total. The lowest BCUT2D eigenvalue weighted by molar-refractivity contribution is 0.514. The predicted octanol–water partition coefficient (Wildman–Crippen LogP) is 2.40. The van der Waals surface area contributed by atoms with Crippen LogP contribution >= 0.6 is 11.6 Å². The fourth-order valence-corrected chi connectivity index (χ4v) is 2.95. The van der Waals surface area contributed by atoms with Gasteiger partial charge in [0.05, 0.1) is 25.3 Å². The number of likely N-dealkylation sites (tertiary alicyclic amines) is 2. The summed E-state index contributed by atoms with van der Waals surface area (Å²) in [7, 11) is 2.12. The molecule has 2 aliphatic rings. The summed E-state index contributed by atoms with van der Waals surface area (Å²) in [5.74, 6) is 2.15. The van der Waals surface area contributed by atoms with E-state index in [9.17, 15) is 0 Å². The Labute approximate surface area is 131 Å². The van der Waals surface area contributed by atoms with Crippen molar-refractivity contribution < 1.29 is 0 Å². The maximum Gasteiger partial charge on any atom is 0.401 e. The number of guanidine groups is 1. The third-order valence-corrected chi connectivity index (χ3v) is 4.33. The molecule has 1 aromatic carbocycles. The van der Waals surface area contributed by atoms with Crippen molar-refractivity contribution in [2.24, 2.45) is 0 Å². The van der Waals surface area contributed by atoms with Gasteiger partial charge < -0.3 is 4.90 Å². The van der Waals surface area contributed by atoms with E-state index in [0.717, 1.165) is 42.7 Å². The van der Waals surface area contributed by atoms with Gasteiger partial charge in [0.15, 0.2) is 0 Å². The molecule has 21 heavy (non-hydrogen) atoms. The van der Waals surface area contributed by atoms with Gasteiger partial charge in [-0.05, 0) is 43.5 Å². The van der Waals surface area contributed by atoms with Crippen LogP contribution in [0.5, 0.6) is 0 Å². The summed E-state index contributed by atoms with van der Waals surface area (Å²) in [6.07, 6.45) is 4.75. The molecule has 0 bridgehead atoms. The average Bonchev–Trinajstić information content (AvgIpc) is 3.13. The smallest absolute Gasteiger partial charge is 0.302 e. The second-order valence-electron chi connectivity index (χ2n) is 5.70. The van der Waals surface area contributed by atoms with Crippen molar-refractivity contribution >= 4 is 29.1 Å². The van der Waals surface area contributed by atoms with Gasteiger partial charge in [-0.25, -0.2) is 4.67 Å². The summed E-state index contributed by atoms with van der Waals surface area (Å²) in [6, 6.07) is 7.80. The van der Waals surface area contributed by atoms with Crippen molar-refractivity contribution in [2.45, 2.75) is 25.7 Å². The molecule has 5 heteroatoms. The first-order valence-corrected chi connectivity index (χ1v) is 8.03. The molecule has 0 amide bonds. The van der Waals surface area contributed by atoms with Gasteiger partial charge in [-0.1, -0.05) is 11.6 Å². The Balaban J connectivity index is 1.89. The molecule has 0 atom stereocenters. The fourth-order valence-electron chi connectivity index (χ4n) is 2.83. The number of hydrogen-bond acceptors (Lipinski definition) is 0. The highest BCUT2D eigenvalue weighted by molar-refractivity contribution is 6.30. The topological polar surface area (TPSA) is 32.6 Å². The lowest BCUT2D eigenvalue weighted by Crippen LogP contribution is -2.38. The Morgan fingerprint density at radius 3 is 2.43 bits per heavy atom. The summed E-state index contributed by atoms with van der Waals surface area (Å²) in [5.41, 5.74) is 1.03. The van der Waals surface area contributed by atoms with E-state index in [-0.39, 0.29) is 0 Å². The van der Waals surface area contributed by atoms with Crippen LogP contribution in [0.25, 0.3) is 0 Å². The van der Waals surface area contributed by atoms with Gasteiger partial charge in [-0.2, -0.15) is 0 Å².